The van der Waals surface area contributed by atoms with Gasteiger partial charge in [-0.1, -0.05) is 6.92 Å². The Morgan fingerprint density at radius 2 is 2.17 bits per heavy atom. The molecule has 0 spiro atoms. The van der Waals surface area contributed by atoms with Crippen molar-refractivity contribution in [3.05, 3.63) is 15.9 Å². The topological polar surface area (TPSA) is 30.3 Å². The van der Waals surface area contributed by atoms with Crippen molar-refractivity contribution in [1.29, 1.82) is 0 Å². The van der Waals surface area contributed by atoms with Gasteiger partial charge in [-0.3, -0.25) is 9.58 Å². The summed E-state index contributed by atoms with van der Waals surface area (Å²) in [6.07, 6.45) is 0.959. The summed E-state index contributed by atoms with van der Waals surface area (Å²) in [4.78, 5) is 2.47. The Morgan fingerprint density at radius 1 is 1.44 bits per heavy atom. The molecule has 18 heavy (non-hydrogen) atoms. The Bertz CT molecular complexity index is 428. The Morgan fingerprint density at radius 3 is 2.72 bits per heavy atom. The first-order valence-corrected chi connectivity index (χ1v) is 7.28. The van der Waals surface area contributed by atoms with E-state index in [2.05, 4.69) is 46.7 Å². The van der Waals surface area contributed by atoms with Gasteiger partial charge in [-0.2, -0.15) is 5.10 Å². The van der Waals surface area contributed by atoms with E-state index >= 15 is 0 Å². The third-order valence-corrected chi connectivity index (χ3v) is 4.58. The number of ether oxygens (including phenoxy) is 1. The van der Waals surface area contributed by atoms with Crippen LogP contribution < -0.4 is 0 Å². The average Bonchev–Trinajstić information content (AvgIpc) is 2.58. The zero-order chi connectivity index (χ0) is 13.3. The lowest BCUT2D eigenvalue weighted by Crippen LogP contribution is -2.52. The molecule has 0 amide bonds. The summed E-state index contributed by atoms with van der Waals surface area (Å²) in [5, 5.41) is 4.55. The van der Waals surface area contributed by atoms with Gasteiger partial charge in [0.1, 0.15) is 0 Å². The van der Waals surface area contributed by atoms with E-state index in [0.717, 1.165) is 42.9 Å². The number of aromatic nitrogens is 2. The summed E-state index contributed by atoms with van der Waals surface area (Å²) in [6.45, 7) is 10.1. The molecule has 1 fully saturated rings. The Kier molecular flexibility index (Phi) is 4.14. The second-order valence-corrected chi connectivity index (χ2v) is 6.26. The average molecular weight is 316 g/mol. The molecular formula is C13H22BrN3O. The molecule has 1 aromatic rings. The molecule has 0 saturated carbocycles. The number of aryl methyl sites for hydroxylation is 2. The van der Waals surface area contributed by atoms with Gasteiger partial charge in [0.05, 0.1) is 29.1 Å². The summed E-state index contributed by atoms with van der Waals surface area (Å²) in [6, 6.07) is 0. The number of morpholine rings is 1. The molecule has 2 rings (SSSR count). The molecule has 0 aromatic carbocycles. The molecule has 5 heteroatoms. The van der Waals surface area contributed by atoms with Crippen molar-refractivity contribution in [3.8, 4) is 0 Å². The summed E-state index contributed by atoms with van der Waals surface area (Å²) in [5.41, 5.74) is 2.48. The zero-order valence-electron chi connectivity index (χ0n) is 11.7. The molecule has 1 aliphatic rings. The molecule has 2 heterocycles. The van der Waals surface area contributed by atoms with E-state index < -0.39 is 0 Å². The van der Waals surface area contributed by atoms with E-state index in [9.17, 15) is 0 Å². The highest BCUT2D eigenvalue weighted by Crippen LogP contribution is 2.27. The van der Waals surface area contributed by atoms with Crippen LogP contribution in [0.3, 0.4) is 0 Å². The van der Waals surface area contributed by atoms with Crippen LogP contribution >= 0.6 is 15.9 Å². The molecular weight excluding hydrogens is 294 g/mol. The molecule has 102 valence electrons. The Balaban J connectivity index is 2.20. The van der Waals surface area contributed by atoms with Crippen molar-refractivity contribution in [3.63, 3.8) is 0 Å². The standard InChI is InChI=1S/C13H22BrN3O/c1-5-10-12(14)11(16(4)15-10)8-17-6-7-18-9-13(17,2)3/h5-9H2,1-4H3. The molecule has 0 bridgehead atoms. The van der Waals surface area contributed by atoms with Crippen LogP contribution in [0.1, 0.15) is 32.2 Å². The first kappa shape index (κ1) is 14.0. The number of rotatable bonds is 3. The van der Waals surface area contributed by atoms with Crippen LogP contribution in [0.25, 0.3) is 0 Å². The van der Waals surface area contributed by atoms with E-state index in [4.69, 9.17) is 4.74 Å². The minimum Gasteiger partial charge on any atom is -0.378 e. The Labute approximate surface area is 117 Å². The summed E-state index contributed by atoms with van der Waals surface area (Å²) >= 11 is 3.69. The molecule has 0 atom stereocenters. The van der Waals surface area contributed by atoms with Gasteiger partial charge in [0, 0.05) is 25.7 Å². The minimum atomic E-state index is 0.0916. The fourth-order valence-electron chi connectivity index (χ4n) is 2.36. The lowest BCUT2D eigenvalue weighted by Gasteiger charge is -2.42. The van der Waals surface area contributed by atoms with Gasteiger partial charge >= 0.3 is 0 Å². The third kappa shape index (κ3) is 2.63. The maximum absolute atomic E-state index is 5.56. The molecule has 4 nitrogen and oxygen atoms in total. The first-order chi connectivity index (χ1) is 8.45. The van der Waals surface area contributed by atoms with E-state index in [-0.39, 0.29) is 5.54 Å². The van der Waals surface area contributed by atoms with Crippen molar-refractivity contribution >= 4 is 15.9 Å². The second kappa shape index (κ2) is 5.31. The number of nitrogens with zero attached hydrogens (tertiary/aromatic N) is 3. The van der Waals surface area contributed by atoms with Gasteiger partial charge < -0.3 is 4.74 Å². The van der Waals surface area contributed by atoms with Crippen LogP contribution in [-0.4, -0.2) is 40.0 Å². The molecule has 0 radical (unpaired) electrons. The van der Waals surface area contributed by atoms with Crippen LogP contribution in [-0.2, 0) is 24.8 Å². The molecule has 1 aromatic heterocycles. The summed E-state index contributed by atoms with van der Waals surface area (Å²) in [7, 11) is 2.02. The third-order valence-electron chi connectivity index (χ3n) is 3.66. The summed E-state index contributed by atoms with van der Waals surface area (Å²) < 4.78 is 8.72. The van der Waals surface area contributed by atoms with E-state index in [0.29, 0.717) is 0 Å². The highest BCUT2D eigenvalue weighted by atomic mass is 79.9. The monoisotopic (exact) mass is 315 g/mol. The normalized spacial score (nSPS) is 20.3. The smallest absolute Gasteiger partial charge is 0.0767 e. The highest BCUT2D eigenvalue weighted by Gasteiger charge is 2.31. The lowest BCUT2D eigenvalue weighted by molar-refractivity contribution is -0.0562. The number of halogens is 1. The predicted octanol–water partition coefficient (Wildman–Crippen LogP) is 2.36. The van der Waals surface area contributed by atoms with Crippen molar-refractivity contribution < 1.29 is 4.74 Å². The van der Waals surface area contributed by atoms with Gasteiger partial charge in [-0.15, -0.1) is 0 Å². The van der Waals surface area contributed by atoms with Crippen LogP contribution in [0.5, 0.6) is 0 Å². The van der Waals surface area contributed by atoms with E-state index in [1.807, 2.05) is 11.7 Å². The van der Waals surface area contributed by atoms with Crippen molar-refractivity contribution in [2.75, 3.05) is 19.8 Å². The van der Waals surface area contributed by atoms with Crippen molar-refractivity contribution in [2.45, 2.75) is 39.3 Å². The van der Waals surface area contributed by atoms with Gasteiger partial charge in [-0.05, 0) is 36.2 Å². The lowest BCUT2D eigenvalue weighted by atomic mass is 10.0. The van der Waals surface area contributed by atoms with Gasteiger partial charge in [0.15, 0.2) is 0 Å². The number of hydrogen-bond acceptors (Lipinski definition) is 3. The minimum absolute atomic E-state index is 0.0916. The molecule has 0 unspecified atom stereocenters. The van der Waals surface area contributed by atoms with Crippen LogP contribution in [0.4, 0.5) is 0 Å². The quantitative estimate of drug-likeness (QED) is 0.857. The SMILES string of the molecule is CCc1nn(C)c(CN2CCOCC2(C)C)c1Br. The largest absolute Gasteiger partial charge is 0.378 e. The predicted molar refractivity (Wildman–Crippen MR) is 75.6 cm³/mol. The van der Waals surface area contributed by atoms with Gasteiger partial charge in [0.2, 0.25) is 0 Å². The summed E-state index contributed by atoms with van der Waals surface area (Å²) in [5.74, 6) is 0. The fourth-order valence-corrected chi connectivity index (χ4v) is 3.10. The first-order valence-electron chi connectivity index (χ1n) is 6.48. The Hall–Kier alpha value is -0.390. The molecule has 1 aliphatic heterocycles. The highest BCUT2D eigenvalue weighted by molar-refractivity contribution is 9.10. The molecule has 0 aliphatic carbocycles. The maximum atomic E-state index is 5.56. The van der Waals surface area contributed by atoms with Crippen molar-refractivity contribution in [2.24, 2.45) is 7.05 Å². The molecule has 1 saturated heterocycles. The van der Waals surface area contributed by atoms with Crippen LogP contribution in [0.15, 0.2) is 4.47 Å². The van der Waals surface area contributed by atoms with E-state index in [1.165, 1.54) is 5.69 Å². The van der Waals surface area contributed by atoms with Gasteiger partial charge in [0.25, 0.3) is 0 Å². The zero-order valence-corrected chi connectivity index (χ0v) is 13.2. The van der Waals surface area contributed by atoms with Crippen LogP contribution in [0.2, 0.25) is 0 Å². The maximum Gasteiger partial charge on any atom is 0.0767 e. The fraction of sp³-hybridized carbons (Fsp3) is 0.769. The second-order valence-electron chi connectivity index (χ2n) is 5.47. The molecule has 0 N–H and O–H groups in total. The van der Waals surface area contributed by atoms with E-state index in [1.54, 1.807) is 0 Å². The van der Waals surface area contributed by atoms with Gasteiger partial charge in [-0.25, -0.2) is 0 Å². The van der Waals surface area contributed by atoms with Crippen molar-refractivity contribution in [1.82, 2.24) is 14.7 Å². The van der Waals surface area contributed by atoms with Crippen LogP contribution in [0, 0.1) is 0 Å². The number of hydrogen-bond donors (Lipinski definition) is 0.